The molecule has 2 heterocycles. The number of aliphatic imine (C=N–C) groups is 1. The van der Waals surface area contributed by atoms with Crippen molar-refractivity contribution < 1.29 is 19.1 Å². The Bertz CT molecular complexity index is 1140. The molecule has 0 bridgehead atoms. The molecule has 1 unspecified atom stereocenters. The van der Waals surface area contributed by atoms with Gasteiger partial charge in [0.25, 0.3) is 5.91 Å². The Morgan fingerprint density at radius 2 is 1.68 bits per heavy atom. The van der Waals surface area contributed by atoms with Crippen LogP contribution in [0, 0.1) is 6.92 Å². The minimum Gasteiger partial charge on any atom is -0.461 e. The maximum Gasteiger partial charge on any atom is 0.308 e. The largest absolute Gasteiger partial charge is 0.461 e. The van der Waals surface area contributed by atoms with Crippen LogP contribution < -0.4 is 4.90 Å². The van der Waals surface area contributed by atoms with Crippen molar-refractivity contribution in [2.24, 2.45) is 4.99 Å². The third kappa shape index (κ3) is 6.64. The van der Waals surface area contributed by atoms with Crippen molar-refractivity contribution in [2.75, 3.05) is 24.5 Å². The van der Waals surface area contributed by atoms with E-state index in [2.05, 4.69) is 0 Å². The topological polar surface area (TPSA) is 79.3 Å². The molecule has 2 amide bonds. The number of aryl methyl sites for hydroxylation is 1. The van der Waals surface area contributed by atoms with Gasteiger partial charge in [0.15, 0.2) is 0 Å². The third-order valence-electron chi connectivity index (χ3n) is 7.12. The van der Waals surface area contributed by atoms with Crippen LogP contribution in [-0.4, -0.2) is 54.1 Å². The number of amides is 2. The van der Waals surface area contributed by atoms with Gasteiger partial charge in [-0.05, 0) is 37.3 Å². The molecule has 2 aromatic carbocycles. The number of carbonyl (C=O) groups excluding carboxylic acids is 3. The summed E-state index contributed by atoms with van der Waals surface area (Å²) in [5.41, 5.74) is 4.10. The van der Waals surface area contributed by atoms with Gasteiger partial charge in [0.1, 0.15) is 19.2 Å². The molecule has 1 saturated heterocycles. The zero-order valence-corrected chi connectivity index (χ0v) is 21.9. The minimum atomic E-state index is -0.940. The number of para-hydroxylation sites is 1. The number of hydrogen-bond donors (Lipinski definition) is 0. The minimum absolute atomic E-state index is 0.0568. The fourth-order valence-corrected chi connectivity index (χ4v) is 5.11. The smallest absolute Gasteiger partial charge is 0.308 e. The van der Waals surface area contributed by atoms with Crippen LogP contribution in [0.5, 0.6) is 0 Å². The highest BCUT2D eigenvalue weighted by Crippen LogP contribution is 2.31. The molecule has 1 atom stereocenters. The molecular formula is C30H37N3O4. The molecule has 2 aliphatic heterocycles. The van der Waals surface area contributed by atoms with E-state index in [4.69, 9.17) is 9.73 Å². The average Bonchev–Trinajstić information content (AvgIpc) is 2.99. The van der Waals surface area contributed by atoms with E-state index in [1.54, 1.807) is 4.90 Å². The number of benzene rings is 2. The summed E-state index contributed by atoms with van der Waals surface area (Å²) in [6.45, 7) is 5.45. The van der Waals surface area contributed by atoms with Gasteiger partial charge in [0.05, 0.1) is 12.1 Å². The number of nitrogens with zero attached hydrogens (tertiary/aromatic N) is 3. The first-order valence-corrected chi connectivity index (χ1v) is 13.4. The summed E-state index contributed by atoms with van der Waals surface area (Å²) in [5.74, 6) is -0.884. The molecule has 2 aromatic rings. The standard InChI is InChI=1S/C30H37N3O4/c1-3-25-24-16-12-13-22(2)29(24)33(20-27(34)32-17-10-5-4-6-11-18-32)30(36)26(31-25)19-28(35)37-21-23-14-8-7-9-15-23/h7-9,12-16,26H,3-6,10-11,17-21H2,1-2H3. The van der Waals surface area contributed by atoms with Gasteiger partial charge in [-0.1, -0.05) is 74.7 Å². The monoisotopic (exact) mass is 503 g/mol. The van der Waals surface area contributed by atoms with Gasteiger partial charge in [0, 0.05) is 24.4 Å². The highest BCUT2D eigenvalue weighted by Gasteiger charge is 2.35. The number of ether oxygens (including phenoxy) is 1. The Kier molecular flexibility index (Phi) is 9.09. The molecule has 37 heavy (non-hydrogen) atoms. The van der Waals surface area contributed by atoms with Gasteiger partial charge < -0.3 is 14.5 Å². The van der Waals surface area contributed by atoms with E-state index in [1.807, 2.05) is 67.3 Å². The summed E-state index contributed by atoms with van der Waals surface area (Å²) in [4.78, 5) is 48.4. The molecule has 7 nitrogen and oxygen atoms in total. The second-order valence-corrected chi connectivity index (χ2v) is 9.84. The number of hydrogen-bond acceptors (Lipinski definition) is 5. The quantitative estimate of drug-likeness (QED) is 0.507. The van der Waals surface area contributed by atoms with Gasteiger partial charge in [0.2, 0.25) is 5.91 Å². The van der Waals surface area contributed by atoms with Crippen molar-refractivity contribution in [3.63, 3.8) is 0 Å². The number of fused-ring (bicyclic) bond motifs is 1. The van der Waals surface area contributed by atoms with Gasteiger partial charge in [-0.25, -0.2) is 0 Å². The first kappa shape index (κ1) is 26.6. The highest BCUT2D eigenvalue weighted by molar-refractivity contribution is 6.15. The van der Waals surface area contributed by atoms with Crippen molar-refractivity contribution in [3.8, 4) is 0 Å². The average molecular weight is 504 g/mol. The Morgan fingerprint density at radius 3 is 2.38 bits per heavy atom. The Hall–Kier alpha value is -3.48. The number of anilines is 1. The molecule has 0 spiro atoms. The predicted octanol–water partition coefficient (Wildman–Crippen LogP) is 4.84. The SMILES string of the molecule is CCC1=NC(CC(=O)OCc2ccccc2)C(=O)N(CC(=O)N2CCCCCCC2)c2c(C)cccc21. The van der Waals surface area contributed by atoms with Gasteiger partial charge in [-0.2, -0.15) is 0 Å². The fourth-order valence-electron chi connectivity index (χ4n) is 5.11. The normalized spacial score (nSPS) is 18.3. The predicted molar refractivity (Wildman–Crippen MR) is 145 cm³/mol. The molecule has 0 aromatic heterocycles. The summed E-state index contributed by atoms with van der Waals surface area (Å²) in [6, 6.07) is 14.3. The Morgan fingerprint density at radius 1 is 0.973 bits per heavy atom. The maximum atomic E-state index is 13.9. The van der Waals surface area contributed by atoms with E-state index >= 15 is 0 Å². The molecular weight excluding hydrogens is 466 g/mol. The van der Waals surface area contributed by atoms with Crippen molar-refractivity contribution in [1.29, 1.82) is 0 Å². The first-order chi connectivity index (χ1) is 18.0. The van der Waals surface area contributed by atoms with Crippen LogP contribution in [0.25, 0.3) is 0 Å². The number of benzodiazepines with no additional fused rings is 1. The Labute approximate surface area is 219 Å². The summed E-state index contributed by atoms with van der Waals surface area (Å²) < 4.78 is 5.47. The van der Waals surface area contributed by atoms with Gasteiger partial charge in [-0.15, -0.1) is 0 Å². The lowest BCUT2D eigenvalue weighted by atomic mass is 10.0. The zero-order valence-electron chi connectivity index (χ0n) is 21.9. The van der Waals surface area contributed by atoms with Crippen LogP contribution in [-0.2, 0) is 25.7 Å². The highest BCUT2D eigenvalue weighted by atomic mass is 16.5. The number of carbonyl (C=O) groups is 3. The zero-order chi connectivity index (χ0) is 26.2. The number of likely N-dealkylation sites (tertiary alicyclic amines) is 1. The van der Waals surface area contributed by atoms with Crippen molar-refractivity contribution in [3.05, 3.63) is 65.2 Å². The van der Waals surface area contributed by atoms with E-state index < -0.39 is 12.0 Å². The number of rotatable bonds is 7. The van der Waals surface area contributed by atoms with E-state index in [0.29, 0.717) is 25.2 Å². The van der Waals surface area contributed by atoms with Crippen molar-refractivity contribution in [1.82, 2.24) is 4.90 Å². The molecule has 196 valence electrons. The molecule has 0 aliphatic carbocycles. The molecule has 0 saturated carbocycles. The van der Waals surface area contributed by atoms with Crippen LogP contribution in [0.3, 0.4) is 0 Å². The summed E-state index contributed by atoms with van der Waals surface area (Å²) in [5, 5.41) is 0. The number of esters is 1. The van der Waals surface area contributed by atoms with Crippen LogP contribution in [0.4, 0.5) is 5.69 Å². The molecule has 1 fully saturated rings. The third-order valence-corrected chi connectivity index (χ3v) is 7.12. The first-order valence-electron chi connectivity index (χ1n) is 13.4. The molecule has 0 radical (unpaired) electrons. The second kappa shape index (κ2) is 12.7. The Balaban J connectivity index is 1.58. The van der Waals surface area contributed by atoms with Gasteiger partial charge >= 0.3 is 5.97 Å². The van der Waals surface area contributed by atoms with E-state index in [0.717, 1.165) is 48.1 Å². The van der Waals surface area contributed by atoms with E-state index in [1.165, 1.54) is 6.42 Å². The van der Waals surface area contributed by atoms with Crippen molar-refractivity contribution >= 4 is 29.2 Å². The van der Waals surface area contributed by atoms with Gasteiger partial charge in [-0.3, -0.25) is 19.4 Å². The summed E-state index contributed by atoms with van der Waals surface area (Å²) in [6.07, 6.45) is 5.84. The molecule has 7 heteroatoms. The van der Waals surface area contributed by atoms with E-state index in [-0.39, 0.29) is 31.4 Å². The maximum absolute atomic E-state index is 13.9. The molecule has 4 rings (SSSR count). The molecule has 0 N–H and O–H groups in total. The molecule has 2 aliphatic rings. The van der Waals surface area contributed by atoms with Crippen LogP contribution >= 0.6 is 0 Å². The van der Waals surface area contributed by atoms with Crippen LogP contribution in [0.2, 0.25) is 0 Å². The fraction of sp³-hybridized carbons (Fsp3) is 0.467. The van der Waals surface area contributed by atoms with Crippen molar-refractivity contribution in [2.45, 2.75) is 71.4 Å². The lowest BCUT2D eigenvalue weighted by molar-refractivity contribution is -0.146. The summed E-state index contributed by atoms with van der Waals surface area (Å²) in [7, 11) is 0. The van der Waals surface area contributed by atoms with Crippen LogP contribution in [0.1, 0.15) is 68.6 Å². The summed E-state index contributed by atoms with van der Waals surface area (Å²) >= 11 is 0. The lowest BCUT2D eigenvalue weighted by Gasteiger charge is -2.30. The van der Waals surface area contributed by atoms with E-state index in [9.17, 15) is 14.4 Å². The van der Waals surface area contributed by atoms with Crippen LogP contribution in [0.15, 0.2) is 53.5 Å². The second-order valence-electron chi connectivity index (χ2n) is 9.84. The lowest BCUT2D eigenvalue weighted by Crippen LogP contribution is -2.47.